The van der Waals surface area contributed by atoms with Crippen molar-refractivity contribution >= 4 is 41.2 Å². The molecule has 0 aliphatic carbocycles. The molecule has 8 nitrogen and oxygen atoms in total. The highest BCUT2D eigenvalue weighted by atomic mass is 35.5. The molecule has 2 aromatic rings. The molecule has 0 aliphatic rings. The molecule has 0 radical (unpaired) electrons. The van der Waals surface area contributed by atoms with E-state index in [-0.39, 0.29) is 18.2 Å². The van der Waals surface area contributed by atoms with Gasteiger partial charge in [-0.1, -0.05) is 53.5 Å². The molecule has 0 unspecified atom stereocenters. The number of carbonyl (C=O) groups is 3. The summed E-state index contributed by atoms with van der Waals surface area (Å²) in [5.74, 6) is -0.745. The van der Waals surface area contributed by atoms with Crippen LogP contribution in [0.5, 0.6) is 5.75 Å². The van der Waals surface area contributed by atoms with E-state index in [9.17, 15) is 14.4 Å². The van der Waals surface area contributed by atoms with Crippen LogP contribution in [0.3, 0.4) is 0 Å². The van der Waals surface area contributed by atoms with Crippen molar-refractivity contribution in [3.8, 4) is 5.75 Å². The SMILES string of the molecule is CC(C)(C)OC(=O)[C@H](CCCCNC(=O)OCc1ccccc1)NC(=O)COc1ccc(Cl)cc1Cl. The molecule has 10 heteroatoms. The smallest absolute Gasteiger partial charge is 0.407 e. The van der Waals surface area contributed by atoms with Gasteiger partial charge in [0.05, 0.1) is 5.02 Å². The third-order valence-electron chi connectivity index (χ3n) is 4.68. The maximum Gasteiger partial charge on any atom is 0.407 e. The molecule has 2 aromatic carbocycles. The van der Waals surface area contributed by atoms with E-state index in [4.69, 9.17) is 37.4 Å². The van der Waals surface area contributed by atoms with Gasteiger partial charge in [0.2, 0.25) is 0 Å². The second kappa shape index (κ2) is 14.6. The summed E-state index contributed by atoms with van der Waals surface area (Å²) in [6, 6.07) is 13.2. The number of carbonyl (C=O) groups excluding carboxylic acids is 3. The Hall–Kier alpha value is -2.97. The van der Waals surface area contributed by atoms with E-state index in [1.54, 1.807) is 32.9 Å². The van der Waals surface area contributed by atoms with Crippen LogP contribution < -0.4 is 15.4 Å². The first kappa shape index (κ1) is 29.3. The van der Waals surface area contributed by atoms with Crippen LogP contribution in [0.4, 0.5) is 4.79 Å². The molecule has 1 atom stereocenters. The lowest BCUT2D eigenvalue weighted by molar-refractivity contribution is -0.159. The fraction of sp³-hybridized carbons (Fsp3) is 0.423. The van der Waals surface area contributed by atoms with E-state index in [1.165, 1.54) is 6.07 Å². The van der Waals surface area contributed by atoms with Crippen molar-refractivity contribution in [1.29, 1.82) is 0 Å². The number of halogens is 2. The number of amides is 2. The predicted octanol–water partition coefficient (Wildman–Crippen LogP) is 5.30. The first-order valence-corrected chi connectivity index (χ1v) is 12.3. The van der Waals surface area contributed by atoms with Gasteiger partial charge in [-0.3, -0.25) is 4.79 Å². The number of unbranched alkanes of at least 4 members (excludes halogenated alkanes) is 1. The van der Waals surface area contributed by atoms with E-state index in [1.807, 2.05) is 30.3 Å². The quantitative estimate of drug-likeness (QED) is 0.281. The van der Waals surface area contributed by atoms with Crippen molar-refractivity contribution in [2.45, 2.75) is 58.3 Å². The van der Waals surface area contributed by atoms with Gasteiger partial charge in [0, 0.05) is 11.6 Å². The molecule has 2 amide bonds. The van der Waals surface area contributed by atoms with Crippen LogP contribution in [-0.2, 0) is 25.7 Å². The summed E-state index contributed by atoms with van der Waals surface area (Å²) in [7, 11) is 0. The van der Waals surface area contributed by atoms with Gasteiger partial charge in [0.15, 0.2) is 6.61 Å². The second-order valence-corrected chi connectivity index (χ2v) is 9.84. The molecular formula is C26H32Cl2N2O6. The lowest BCUT2D eigenvalue weighted by Crippen LogP contribution is -2.45. The number of benzene rings is 2. The van der Waals surface area contributed by atoms with Gasteiger partial charge in [-0.25, -0.2) is 9.59 Å². The van der Waals surface area contributed by atoms with E-state index >= 15 is 0 Å². The van der Waals surface area contributed by atoms with Gasteiger partial charge < -0.3 is 24.8 Å². The fourth-order valence-electron chi connectivity index (χ4n) is 3.03. The Morgan fingerprint density at radius 3 is 2.39 bits per heavy atom. The summed E-state index contributed by atoms with van der Waals surface area (Å²) in [5, 5.41) is 6.05. The zero-order valence-electron chi connectivity index (χ0n) is 20.6. The Kier molecular flexibility index (Phi) is 11.8. The van der Waals surface area contributed by atoms with Gasteiger partial charge in [-0.2, -0.15) is 0 Å². The number of rotatable bonds is 12. The fourth-order valence-corrected chi connectivity index (χ4v) is 3.49. The van der Waals surface area contributed by atoms with Gasteiger partial charge in [-0.05, 0) is 63.8 Å². The summed E-state index contributed by atoms with van der Waals surface area (Å²) in [6.45, 7) is 5.46. The molecule has 0 fully saturated rings. The third-order valence-corrected chi connectivity index (χ3v) is 5.21. The lowest BCUT2D eigenvalue weighted by Gasteiger charge is -2.24. The zero-order valence-corrected chi connectivity index (χ0v) is 22.2. The molecule has 0 heterocycles. The second-order valence-electron chi connectivity index (χ2n) is 9.00. The molecule has 0 saturated carbocycles. The molecule has 36 heavy (non-hydrogen) atoms. The number of hydrogen-bond donors (Lipinski definition) is 2. The lowest BCUT2D eigenvalue weighted by atomic mass is 10.1. The molecule has 0 aromatic heterocycles. The summed E-state index contributed by atoms with van der Waals surface area (Å²) in [6.07, 6.45) is 0.927. The van der Waals surface area contributed by atoms with Gasteiger partial charge in [0.25, 0.3) is 5.91 Å². The van der Waals surface area contributed by atoms with Crippen LogP contribution in [-0.4, -0.2) is 42.8 Å². The topological polar surface area (TPSA) is 103 Å². The van der Waals surface area contributed by atoms with Crippen LogP contribution in [0.1, 0.15) is 45.6 Å². The normalized spacial score (nSPS) is 11.8. The maximum atomic E-state index is 12.6. The van der Waals surface area contributed by atoms with Crippen molar-refractivity contribution in [3.05, 3.63) is 64.1 Å². The minimum Gasteiger partial charge on any atom is -0.482 e. The van der Waals surface area contributed by atoms with Crippen LogP contribution in [0.25, 0.3) is 0 Å². The van der Waals surface area contributed by atoms with Crippen LogP contribution in [0.15, 0.2) is 48.5 Å². The highest BCUT2D eigenvalue weighted by Crippen LogP contribution is 2.27. The van der Waals surface area contributed by atoms with E-state index in [0.717, 1.165) is 5.56 Å². The van der Waals surface area contributed by atoms with Crippen molar-refractivity contribution in [1.82, 2.24) is 10.6 Å². The Balaban J connectivity index is 1.78. The number of alkyl carbamates (subject to hydrolysis) is 1. The van der Waals surface area contributed by atoms with Crippen molar-refractivity contribution in [2.75, 3.05) is 13.2 Å². The Bertz CT molecular complexity index is 1010. The zero-order chi connectivity index (χ0) is 26.6. The van der Waals surface area contributed by atoms with Gasteiger partial charge in [0.1, 0.15) is 24.0 Å². The molecule has 0 aliphatic heterocycles. The molecule has 0 bridgehead atoms. The highest BCUT2D eigenvalue weighted by Gasteiger charge is 2.26. The minimum atomic E-state index is -0.869. The van der Waals surface area contributed by atoms with E-state index < -0.39 is 29.6 Å². The number of nitrogens with one attached hydrogen (secondary N) is 2. The maximum absolute atomic E-state index is 12.6. The third kappa shape index (κ3) is 11.6. The van der Waals surface area contributed by atoms with Gasteiger partial charge in [-0.15, -0.1) is 0 Å². The number of esters is 1. The monoisotopic (exact) mass is 538 g/mol. The van der Waals surface area contributed by atoms with Crippen LogP contribution in [0.2, 0.25) is 10.0 Å². The summed E-state index contributed by atoms with van der Waals surface area (Å²) in [5.41, 5.74) is 0.184. The van der Waals surface area contributed by atoms with E-state index in [0.29, 0.717) is 36.6 Å². The molecule has 0 saturated heterocycles. The predicted molar refractivity (Wildman–Crippen MR) is 138 cm³/mol. The minimum absolute atomic E-state index is 0.183. The van der Waals surface area contributed by atoms with E-state index in [2.05, 4.69) is 10.6 Å². The highest BCUT2D eigenvalue weighted by molar-refractivity contribution is 6.35. The number of ether oxygens (including phenoxy) is 3. The molecular weight excluding hydrogens is 507 g/mol. The average Bonchev–Trinajstić information content (AvgIpc) is 2.80. The Morgan fingerprint density at radius 2 is 1.72 bits per heavy atom. The molecule has 196 valence electrons. The average molecular weight is 539 g/mol. The Morgan fingerprint density at radius 1 is 1.00 bits per heavy atom. The first-order valence-electron chi connectivity index (χ1n) is 11.6. The van der Waals surface area contributed by atoms with Crippen LogP contribution in [0, 0.1) is 0 Å². The largest absolute Gasteiger partial charge is 0.482 e. The Labute approximate surface area is 221 Å². The van der Waals surface area contributed by atoms with Crippen molar-refractivity contribution in [3.63, 3.8) is 0 Å². The summed E-state index contributed by atoms with van der Waals surface area (Å²) < 4.78 is 16.1. The first-order chi connectivity index (χ1) is 17.0. The standard InChI is InChI=1S/C26H32Cl2N2O6/c1-26(2,3)36-24(32)21(30-23(31)17-34-22-13-12-19(27)15-20(22)28)11-7-8-14-29-25(33)35-16-18-9-5-4-6-10-18/h4-6,9-10,12-13,15,21H,7-8,11,14,16-17H2,1-3H3,(H,29,33)(H,30,31)/t21-/m0/s1. The van der Waals surface area contributed by atoms with Crippen molar-refractivity contribution in [2.24, 2.45) is 0 Å². The summed E-state index contributed by atoms with van der Waals surface area (Å²) in [4.78, 5) is 37.0. The molecule has 2 N–H and O–H groups in total. The summed E-state index contributed by atoms with van der Waals surface area (Å²) >= 11 is 11.9. The number of hydrogen-bond acceptors (Lipinski definition) is 6. The van der Waals surface area contributed by atoms with Gasteiger partial charge >= 0.3 is 12.1 Å². The van der Waals surface area contributed by atoms with Crippen molar-refractivity contribution < 1.29 is 28.6 Å². The molecule has 0 spiro atoms. The van der Waals surface area contributed by atoms with Crippen LogP contribution >= 0.6 is 23.2 Å². The molecule has 2 rings (SSSR count).